The highest BCUT2D eigenvalue weighted by atomic mass is 16.5. The van der Waals surface area contributed by atoms with E-state index in [1.54, 1.807) is 12.1 Å². The highest BCUT2D eigenvalue weighted by Gasteiger charge is 2.11. The van der Waals surface area contributed by atoms with Crippen molar-refractivity contribution in [2.75, 3.05) is 31.7 Å². The van der Waals surface area contributed by atoms with Crippen LogP contribution >= 0.6 is 0 Å². The van der Waals surface area contributed by atoms with Crippen molar-refractivity contribution >= 4 is 17.3 Å². The van der Waals surface area contributed by atoms with Crippen molar-refractivity contribution in [1.82, 2.24) is 5.32 Å². The topological polar surface area (TPSA) is 111 Å². The molecule has 1 rings (SSSR count). The molecule has 0 aliphatic carbocycles. The summed E-state index contributed by atoms with van der Waals surface area (Å²) in [5, 5.41) is 11.9. The number of nitrogen functional groups attached to an aromatic ring is 2. The van der Waals surface area contributed by atoms with E-state index < -0.39 is 6.10 Å². The molecule has 6 N–H and O–H groups in total. The molecule has 94 valence electrons. The van der Waals surface area contributed by atoms with Crippen molar-refractivity contribution in [3.05, 3.63) is 23.8 Å². The van der Waals surface area contributed by atoms with Gasteiger partial charge in [-0.25, -0.2) is 0 Å². The molecular formula is C11H17N3O3. The van der Waals surface area contributed by atoms with E-state index >= 15 is 0 Å². The molecule has 6 nitrogen and oxygen atoms in total. The van der Waals surface area contributed by atoms with Gasteiger partial charge in [0.1, 0.15) is 0 Å². The number of aliphatic hydroxyl groups excluding tert-OH is 1. The Morgan fingerprint density at radius 2 is 2.24 bits per heavy atom. The van der Waals surface area contributed by atoms with Crippen LogP contribution in [0.25, 0.3) is 0 Å². The maximum atomic E-state index is 11.7. The lowest BCUT2D eigenvalue weighted by atomic mass is 10.1. The fraction of sp³-hybridized carbons (Fsp3) is 0.364. The molecule has 6 heteroatoms. The van der Waals surface area contributed by atoms with Gasteiger partial charge in [0.05, 0.1) is 18.3 Å². The second-order valence-electron chi connectivity index (χ2n) is 3.67. The van der Waals surface area contributed by atoms with Gasteiger partial charge in [-0.2, -0.15) is 0 Å². The molecule has 0 radical (unpaired) electrons. The highest BCUT2D eigenvalue weighted by molar-refractivity contribution is 5.99. The minimum atomic E-state index is -0.737. The van der Waals surface area contributed by atoms with Crippen LogP contribution in [0.1, 0.15) is 10.4 Å². The SMILES string of the molecule is COCC(O)CNC(=O)c1ccc(N)cc1N. The van der Waals surface area contributed by atoms with Crippen LogP contribution in [0.15, 0.2) is 18.2 Å². The molecular weight excluding hydrogens is 222 g/mol. The summed E-state index contributed by atoms with van der Waals surface area (Å²) < 4.78 is 4.74. The van der Waals surface area contributed by atoms with E-state index in [0.29, 0.717) is 16.9 Å². The Morgan fingerprint density at radius 3 is 2.82 bits per heavy atom. The molecule has 1 atom stereocenters. The summed E-state index contributed by atoms with van der Waals surface area (Å²) in [5.74, 6) is -0.349. The first-order chi connectivity index (χ1) is 8.04. The zero-order valence-electron chi connectivity index (χ0n) is 9.64. The largest absolute Gasteiger partial charge is 0.399 e. The van der Waals surface area contributed by atoms with Crippen LogP contribution in [0.2, 0.25) is 0 Å². The predicted molar refractivity (Wildman–Crippen MR) is 65.5 cm³/mol. The van der Waals surface area contributed by atoms with Crippen LogP contribution in [0.3, 0.4) is 0 Å². The molecule has 0 aliphatic rings. The third-order valence-corrected chi connectivity index (χ3v) is 2.18. The number of ether oxygens (including phenoxy) is 1. The monoisotopic (exact) mass is 239 g/mol. The van der Waals surface area contributed by atoms with Crippen LogP contribution in [-0.2, 0) is 4.74 Å². The van der Waals surface area contributed by atoms with E-state index in [-0.39, 0.29) is 19.1 Å². The number of carbonyl (C=O) groups excluding carboxylic acids is 1. The molecule has 0 aromatic heterocycles. The first kappa shape index (κ1) is 13.3. The summed E-state index contributed by atoms with van der Waals surface area (Å²) in [6.45, 7) is 0.272. The molecule has 1 aromatic rings. The minimum absolute atomic E-state index is 0.108. The Bertz CT molecular complexity index is 396. The number of hydrogen-bond donors (Lipinski definition) is 4. The van der Waals surface area contributed by atoms with Gasteiger partial charge in [0.25, 0.3) is 5.91 Å². The van der Waals surface area contributed by atoms with Gasteiger partial charge in [-0.3, -0.25) is 4.79 Å². The van der Waals surface area contributed by atoms with Crippen molar-refractivity contribution in [3.63, 3.8) is 0 Å². The van der Waals surface area contributed by atoms with Crippen LogP contribution in [-0.4, -0.2) is 37.4 Å². The molecule has 0 saturated heterocycles. The molecule has 1 aromatic carbocycles. The predicted octanol–water partition coefficient (Wildman–Crippen LogP) is -0.412. The van der Waals surface area contributed by atoms with E-state index in [4.69, 9.17) is 16.2 Å². The van der Waals surface area contributed by atoms with Gasteiger partial charge in [-0.15, -0.1) is 0 Å². The first-order valence-corrected chi connectivity index (χ1v) is 5.14. The Labute approximate surface area is 99.6 Å². The van der Waals surface area contributed by atoms with E-state index in [1.165, 1.54) is 13.2 Å². The summed E-state index contributed by atoms with van der Waals surface area (Å²) in [5.41, 5.74) is 12.3. The quantitative estimate of drug-likeness (QED) is 0.522. The maximum Gasteiger partial charge on any atom is 0.253 e. The van der Waals surface area contributed by atoms with Crippen LogP contribution in [0.5, 0.6) is 0 Å². The van der Waals surface area contributed by atoms with E-state index in [9.17, 15) is 9.90 Å². The number of amides is 1. The zero-order chi connectivity index (χ0) is 12.8. The number of aliphatic hydroxyl groups is 1. The molecule has 1 unspecified atom stereocenters. The van der Waals surface area contributed by atoms with Crippen molar-refractivity contribution in [1.29, 1.82) is 0 Å². The van der Waals surface area contributed by atoms with Crippen LogP contribution in [0, 0.1) is 0 Å². The zero-order valence-corrected chi connectivity index (χ0v) is 9.64. The van der Waals surface area contributed by atoms with Gasteiger partial charge in [-0.05, 0) is 18.2 Å². The molecule has 0 bridgehead atoms. The van der Waals surface area contributed by atoms with Crippen molar-refractivity contribution in [2.24, 2.45) is 0 Å². The van der Waals surface area contributed by atoms with Crippen molar-refractivity contribution < 1.29 is 14.6 Å². The summed E-state index contributed by atoms with van der Waals surface area (Å²) in [6.07, 6.45) is -0.737. The highest BCUT2D eigenvalue weighted by Crippen LogP contribution is 2.15. The fourth-order valence-corrected chi connectivity index (χ4v) is 1.35. The molecule has 0 saturated carbocycles. The summed E-state index contributed by atoms with van der Waals surface area (Å²) >= 11 is 0. The Balaban J connectivity index is 2.58. The normalized spacial score (nSPS) is 12.1. The van der Waals surface area contributed by atoms with Gasteiger partial charge in [-0.1, -0.05) is 0 Å². The lowest BCUT2D eigenvalue weighted by molar-refractivity contribution is 0.0610. The average Bonchev–Trinajstić information content (AvgIpc) is 2.26. The minimum Gasteiger partial charge on any atom is -0.399 e. The fourth-order valence-electron chi connectivity index (χ4n) is 1.35. The Morgan fingerprint density at radius 1 is 1.53 bits per heavy atom. The van der Waals surface area contributed by atoms with E-state index in [0.717, 1.165) is 0 Å². The molecule has 0 aliphatic heterocycles. The van der Waals surface area contributed by atoms with Crippen LogP contribution in [0.4, 0.5) is 11.4 Å². The van der Waals surface area contributed by atoms with Crippen molar-refractivity contribution in [2.45, 2.75) is 6.10 Å². The Hall–Kier alpha value is -1.79. The van der Waals surface area contributed by atoms with Crippen LogP contribution < -0.4 is 16.8 Å². The number of nitrogens with two attached hydrogens (primary N) is 2. The third-order valence-electron chi connectivity index (χ3n) is 2.18. The van der Waals surface area contributed by atoms with Gasteiger partial charge in [0, 0.05) is 25.0 Å². The number of hydrogen-bond acceptors (Lipinski definition) is 5. The number of rotatable bonds is 5. The summed E-state index contributed by atoms with van der Waals surface area (Å²) in [4.78, 5) is 11.7. The lowest BCUT2D eigenvalue weighted by Gasteiger charge is -2.11. The van der Waals surface area contributed by atoms with E-state index in [2.05, 4.69) is 5.32 Å². The van der Waals surface area contributed by atoms with Gasteiger partial charge in [0.2, 0.25) is 0 Å². The standard InChI is InChI=1S/C11H17N3O3/c1-17-6-8(15)5-14-11(16)9-3-2-7(12)4-10(9)13/h2-4,8,15H,5-6,12-13H2,1H3,(H,14,16). The van der Waals surface area contributed by atoms with Crippen molar-refractivity contribution in [3.8, 4) is 0 Å². The number of nitrogens with one attached hydrogen (secondary N) is 1. The molecule has 0 fully saturated rings. The summed E-state index contributed by atoms with van der Waals surface area (Å²) in [6, 6.07) is 4.65. The number of benzene rings is 1. The van der Waals surface area contributed by atoms with Gasteiger partial charge >= 0.3 is 0 Å². The number of methoxy groups -OCH3 is 1. The Kier molecular flexibility index (Phi) is 4.74. The first-order valence-electron chi connectivity index (χ1n) is 5.14. The molecule has 0 spiro atoms. The molecule has 0 heterocycles. The molecule has 17 heavy (non-hydrogen) atoms. The lowest BCUT2D eigenvalue weighted by Crippen LogP contribution is -2.34. The second kappa shape index (κ2) is 6.07. The number of carbonyl (C=O) groups is 1. The maximum absolute atomic E-state index is 11.7. The van der Waals surface area contributed by atoms with Gasteiger partial charge in [0.15, 0.2) is 0 Å². The smallest absolute Gasteiger partial charge is 0.253 e. The average molecular weight is 239 g/mol. The molecule has 1 amide bonds. The number of anilines is 2. The second-order valence-corrected chi connectivity index (χ2v) is 3.67. The van der Waals surface area contributed by atoms with E-state index in [1.807, 2.05) is 0 Å². The van der Waals surface area contributed by atoms with Gasteiger partial charge < -0.3 is 26.6 Å². The third kappa shape index (κ3) is 3.93. The summed E-state index contributed by atoms with van der Waals surface area (Å²) in [7, 11) is 1.48.